The zero-order valence-electron chi connectivity index (χ0n) is 27.9. The van der Waals surface area contributed by atoms with Crippen molar-refractivity contribution in [2.24, 2.45) is 0 Å². The second-order valence-electron chi connectivity index (χ2n) is 12.4. The molecule has 8 rings (SSSR count). The number of nitrogens with one attached hydrogen (secondary N) is 1. The quantitative estimate of drug-likeness (QED) is 0.0438. The Balaban J connectivity index is 1.22. The first-order valence-electron chi connectivity index (χ1n) is 17.0. The van der Waals surface area contributed by atoms with Crippen LogP contribution in [0.5, 0.6) is 0 Å². The van der Waals surface area contributed by atoms with Crippen LogP contribution in [0.15, 0.2) is 175 Å². The van der Waals surface area contributed by atoms with Crippen molar-refractivity contribution in [1.29, 1.82) is 0 Å². The fourth-order valence-electron chi connectivity index (χ4n) is 6.89. The predicted octanol–water partition coefficient (Wildman–Crippen LogP) is 8.84. The maximum atomic E-state index is 14.3. The summed E-state index contributed by atoms with van der Waals surface area (Å²) in [7, 11) is 0. The maximum absolute atomic E-state index is 14.3. The number of fused-ring (bicyclic) bond motifs is 1. The Morgan fingerprint density at radius 2 is 1.27 bits per heavy atom. The number of H-pyrrole nitrogens is 1. The number of aromatic amines is 1. The van der Waals surface area contributed by atoms with Crippen LogP contribution in [0.3, 0.4) is 0 Å². The second kappa shape index (κ2) is 15.3. The first-order chi connectivity index (χ1) is 25.6. The topological polar surface area (TPSA) is 88.2 Å². The lowest BCUT2D eigenvalue weighted by atomic mass is 9.70. The van der Waals surface area contributed by atoms with E-state index in [0.717, 1.165) is 32.8 Å². The van der Waals surface area contributed by atoms with Crippen molar-refractivity contribution >= 4 is 47.2 Å². The van der Waals surface area contributed by atoms with E-state index in [0.29, 0.717) is 6.42 Å². The van der Waals surface area contributed by atoms with Crippen molar-refractivity contribution in [3.63, 3.8) is 0 Å². The van der Waals surface area contributed by atoms with Gasteiger partial charge in [-0.25, -0.2) is 4.79 Å². The van der Waals surface area contributed by atoms with Crippen molar-refractivity contribution in [2.75, 3.05) is 0 Å². The molecule has 0 bridgehead atoms. The summed E-state index contributed by atoms with van der Waals surface area (Å²) in [5.41, 5.74) is 4.70. The molecule has 52 heavy (non-hydrogen) atoms. The van der Waals surface area contributed by atoms with E-state index in [9.17, 15) is 9.59 Å². The predicted molar refractivity (Wildman–Crippen MR) is 208 cm³/mol. The van der Waals surface area contributed by atoms with Crippen LogP contribution in [0.1, 0.15) is 40.3 Å². The molecule has 258 valence electrons. The lowest BCUT2D eigenvalue weighted by Gasteiger charge is -2.47. The smallest absolute Gasteiger partial charge is 0.355 e. The minimum Gasteiger partial charge on any atom is -0.448 e. The number of aromatic nitrogens is 3. The molecule has 2 aliphatic heterocycles. The third kappa shape index (κ3) is 6.69. The maximum Gasteiger partial charge on any atom is 0.355 e. The lowest BCUT2D eigenvalue weighted by molar-refractivity contribution is -0.151. The Kier molecular flexibility index (Phi) is 10.0. The summed E-state index contributed by atoms with van der Waals surface area (Å²) in [6.45, 7) is 0. The van der Waals surface area contributed by atoms with E-state index in [-0.39, 0.29) is 26.1 Å². The average molecular weight is 739 g/mol. The van der Waals surface area contributed by atoms with Crippen molar-refractivity contribution < 1.29 is 14.3 Å². The number of β-lactam (4-membered cyclic amide) rings is 1. The number of amides is 1. The average Bonchev–Trinajstić information content (AvgIpc) is 3.72. The zero-order valence-corrected chi connectivity index (χ0v) is 30.3. The molecule has 5 aromatic carbocycles. The van der Waals surface area contributed by atoms with Crippen molar-refractivity contribution in [1.82, 2.24) is 20.3 Å². The van der Waals surface area contributed by atoms with Gasteiger partial charge in [0, 0.05) is 0 Å². The monoisotopic (exact) mass is 738 g/mol. The van der Waals surface area contributed by atoms with E-state index in [1.807, 2.05) is 84.9 Å². The molecule has 1 amide bonds. The summed E-state index contributed by atoms with van der Waals surface area (Å²) >= 11 is 5.07. The van der Waals surface area contributed by atoms with Crippen molar-refractivity contribution in [2.45, 2.75) is 37.5 Å². The van der Waals surface area contributed by atoms with Crippen LogP contribution >= 0.6 is 35.3 Å². The van der Waals surface area contributed by atoms with E-state index >= 15 is 0 Å². The van der Waals surface area contributed by atoms with Gasteiger partial charge in [0.15, 0.2) is 6.10 Å². The summed E-state index contributed by atoms with van der Waals surface area (Å²) in [6.07, 6.45) is 3.38. The molecule has 1 aromatic heterocycles. The molecule has 6 aromatic rings. The van der Waals surface area contributed by atoms with Gasteiger partial charge in [-0.2, -0.15) is 10.3 Å². The molecular weight excluding hydrogens is 705 g/mol. The standard InChI is InChI=1S/C42H34N4O3S3/c47-36-27-37-46(36)34(40(48)49-39(29-16-6-1-7-17-29)30-18-8-2-9-19-30)26-38(51-37)52-41(50-35-28-43-45-44-35)42(31-20-10-3-11-21-31,32-22-12-4-13-23-32)33-24-14-5-15-25-33/h1-26,28,37-39,41H,27H2,(H,43,44,45)/t37-,38?,41?/m1/s1. The Morgan fingerprint density at radius 1 is 0.769 bits per heavy atom. The van der Waals surface area contributed by atoms with Gasteiger partial charge in [0.2, 0.25) is 5.91 Å². The summed E-state index contributed by atoms with van der Waals surface area (Å²) in [5, 5.41) is 12.0. The first kappa shape index (κ1) is 34.1. The third-order valence-corrected chi connectivity index (χ3v) is 13.7. The molecule has 10 heteroatoms. The number of hydrogen-bond acceptors (Lipinski definition) is 8. The number of nitrogens with zero attached hydrogens (tertiary/aromatic N) is 3. The van der Waals surface area contributed by atoms with Gasteiger partial charge in [-0.05, 0) is 33.9 Å². The van der Waals surface area contributed by atoms with Gasteiger partial charge >= 0.3 is 5.97 Å². The molecule has 3 heterocycles. The second-order valence-corrected chi connectivity index (χ2v) is 16.7. The Morgan fingerprint density at radius 3 is 1.73 bits per heavy atom. The molecular formula is C42H34N4O3S3. The highest BCUT2D eigenvalue weighted by atomic mass is 32.2. The van der Waals surface area contributed by atoms with Crippen molar-refractivity contribution in [3.8, 4) is 0 Å². The van der Waals surface area contributed by atoms with Crippen LogP contribution in [0.2, 0.25) is 0 Å². The van der Waals surface area contributed by atoms with Crippen LogP contribution in [-0.4, -0.2) is 46.7 Å². The van der Waals surface area contributed by atoms with E-state index in [2.05, 4.69) is 88.2 Å². The Bertz CT molecular complexity index is 2000. The Labute approximate surface area is 315 Å². The molecule has 3 atom stereocenters. The van der Waals surface area contributed by atoms with Gasteiger partial charge < -0.3 is 4.74 Å². The third-order valence-electron chi connectivity index (χ3n) is 9.31. The summed E-state index contributed by atoms with van der Waals surface area (Å²) in [6, 6.07) is 51.1. The number of ether oxygens (including phenoxy) is 1. The number of carbonyl (C=O) groups is 2. The van der Waals surface area contributed by atoms with Crippen molar-refractivity contribution in [3.05, 3.63) is 197 Å². The fraction of sp³-hybridized carbons (Fsp3) is 0.143. The summed E-state index contributed by atoms with van der Waals surface area (Å²) < 4.78 is 5.92. The molecule has 1 N–H and O–H groups in total. The van der Waals surface area contributed by atoms with Crippen LogP contribution in [-0.2, 0) is 19.7 Å². The molecule has 0 saturated carbocycles. The molecule has 7 nitrogen and oxygen atoms in total. The van der Waals surface area contributed by atoms with Gasteiger partial charge in [0.05, 0.1) is 32.6 Å². The number of carbonyl (C=O) groups excluding carboxylic acids is 2. The van der Waals surface area contributed by atoms with E-state index < -0.39 is 17.5 Å². The highest BCUT2D eigenvalue weighted by molar-refractivity contribution is 8.24. The van der Waals surface area contributed by atoms with Crippen LogP contribution in [0.4, 0.5) is 0 Å². The molecule has 0 aliphatic carbocycles. The number of esters is 1. The number of rotatable bonds is 12. The highest BCUT2D eigenvalue weighted by Gasteiger charge is 2.50. The van der Waals surface area contributed by atoms with E-state index in [4.69, 9.17) is 4.74 Å². The summed E-state index contributed by atoms with van der Waals surface area (Å²) in [5.74, 6) is -0.608. The molecule has 1 fully saturated rings. The number of hydrogen-bond donors (Lipinski definition) is 1. The Hall–Kier alpha value is -5.03. The largest absolute Gasteiger partial charge is 0.448 e. The normalized spacial score (nSPS) is 17.5. The molecule has 0 radical (unpaired) electrons. The number of thioether (sulfide) groups is 3. The van der Waals surface area contributed by atoms with E-state index in [1.54, 1.807) is 46.4 Å². The van der Waals surface area contributed by atoms with Crippen LogP contribution in [0.25, 0.3) is 0 Å². The summed E-state index contributed by atoms with van der Waals surface area (Å²) in [4.78, 5) is 29.0. The van der Waals surface area contributed by atoms with Crippen LogP contribution < -0.4 is 0 Å². The minimum absolute atomic E-state index is 0.0825. The van der Waals surface area contributed by atoms with Gasteiger partial charge in [-0.1, -0.05) is 163 Å². The zero-order chi connectivity index (χ0) is 35.3. The van der Waals surface area contributed by atoms with Crippen LogP contribution in [0, 0.1) is 0 Å². The fourth-order valence-corrected chi connectivity index (χ4v) is 12.1. The van der Waals surface area contributed by atoms with E-state index in [1.165, 1.54) is 0 Å². The SMILES string of the molecule is O=C(OC(c1ccccc1)c1ccccc1)C1=CC(SC(Sc2cn[nH]n2)C(c2ccccc2)(c2ccccc2)c2ccccc2)S[C@@H]2CC(=O)N12. The minimum atomic E-state index is -0.661. The van der Waals surface area contributed by atoms with Gasteiger partial charge in [-0.3, -0.25) is 9.69 Å². The number of benzene rings is 5. The lowest BCUT2D eigenvalue weighted by Crippen LogP contribution is -2.54. The first-order valence-corrected chi connectivity index (χ1v) is 19.7. The molecule has 2 unspecified atom stereocenters. The van der Waals surface area contributed by atoms with Gasteiger partial charge in [0.1, 0.15) is 10.7 Å². The molecule has 2 aliphatic rings. The van der Waals surface area contributed by atoms with Gasteiger partial charge in [-0.15, -0.1) is 28.6 Å². The van der Waals surface area contributed by atoms with Gasteiger partial charge in [0.25, 0.3) is 0 Å². The molecule has 1 saturated heterocycles. The molecule has 0 spiro atoms. The highest BCUT2D eigenvalue weighted by Crippen LogP contribution is 2.56.